The second-order valence-electron chi connectivity index (χ2n) is 5.43. The summed E-state index contributed by atoms with van der Waals surface area (Å²) in [7, 11) is 0. The molecule has 0 amide bonds. The molecular weight excluding hydrogens is 158 g/mol. The zero-order valence-corrected chi connectivity index (χ0v) is 8.79. The van der Waals surface area contributed by atoms with Gasteiger partial charge in [0.25, 0.3) is 0 Å². The molecule has 0 heterocycles. The summed E-state index contributed by atoms with van der Waals surface area (Å²) in [5, 5.41) is 0. The van der Waals surface area contributed by atoms with Crippen LogP contribution in [0.3, 0.4) is 0 Å². The van der Waals surface area contributed by atoms with E-state index in [2.05, 4.69) is 26.0 Å². The summed E-state index contributed by atoms with van der Waals surface area (Å²) < 4.78 is 0. The van der Waals surface area contributed by atoms with Gasteiger partial charge in [-0.05, 0) is 57.3 Å². The second kappa shape index (κ2) is 3.13. The molecule has 0 aromatic heterocycles. The van der Waals surface area contributed by atoms with Gasteiger partial charge in [-0.15, -0.1) is 0 Å². The van der Waals surface area contributed by atoms with E-state index >= 15 is 0 Å². The summed E-state index contributed by atoms with van der Waals surface area (Å²) in [6, 6.07) is 0. The van der Waals surface area contributed by atoms with Crippen molar-refractivity contribution in [2.45, 2.75) is 45.1 Å². The van der Waals surface area contributed by atoms with E-state index in [1.54, 1.807) is 0 Å². The predicted molar refractivity (Wildman–Crippen MR) is 56.3 cm³/mol. The average molecular weight is 179 g/mol. The molecule has 0 unspecified atom stereocenters. The summed E-state index contributed by atoms with van der Waals surface area (Å²) >= 11 is 0. The van der Waals surface area contributed by atoms with Crippen molar-refractivity contribution in [1.82, 2.24) is 0 Å². The van der Waals surface area contributed by atoms with Crippen molar-refractivity contribution in [3.05, 3.63) is 12.2 Å². The Morgan fingerprint density at radius 2 is 1.62 bits per heavy atom. The van der Waals surface area contributed by atoms with Gasteiger partial charge in [0.15, 0.2) is 0 Å². The SMILES string of the molecule is CC(C)(N)C=CC(C1CC1)C1CC1. The van der Waals surface area contributed by atoms with Crippen LogP contribution in [0.1, 0.15) is 39.5 Å². The van der Waals surface area contributed by atoms with Crippen LogP contribution in [0.5, 0.6) is 0 Å². The molecule has 2 rings (SSSR count). The van der Waals surface area contributed by atoms with E-state index < -0.39 is 0 Å². The molecule has 0 bridgehead atoms. The van der Waals surface area contributed by atoms with Crippen molar-refractivity contribution in [3.63, 3.8) is 0 Å². The van der Waals surface area contributed by atoms with Gasteiger partial charge in [0.2, 0.25) is 0 Å². The first-order valence-electron chi connectivity index (χ1n) is 5.54. The predicted octanol–water partition coefficient (Wildman–Crippen LogP) is 2.72. The fourth-order valence-corrected chi connectivity index (χ4v) is 2.02. The molecule has 0 spiro atoms. The van der Waals surface area contributed by atoms with E-state index in [1.165, 1.54) is 25.7 Å². The second-order valence-corrected chi connectivity index (χ2v) is 5.43. The van der Waals surface area contributed by atoms with Gasteiger partial charge in [0.1, 0.15) is 0 Å². The van der Waals surface area contributed by atoms with Gasteiger partial charge in [-0.1, -0.05) is 12.2 Å². The summed E-state index contributed by atoms with van der Waals surface area (Å²) in [5.74, 6) is 2.88. The van der Waals surface area contributed by atoms with Gasteiger partial charge >= 0.3 is 0 Å². The van der Waals surface area contributed by atoms with Crippen LogP contribution in [0.4, 0.5) is 0 Å². The Labute approximate surface area is 81.4 Å². The lowest BCUT2D eigenvalue weighted by Crippen LogP contribution is -2.29. The molecule has 0 saturated heterocycles. The summed E-state index contributed by atoms with van der Waals surface area (Å²) in [5.41, 5.74) is 5.82. The Kier molecular flexibility index (Phi) is 2.23. The normalized spacial score (nSPS) is 24.6. The molecule has 13 heavy (non-hydrogen) atoms. The first-order chi connectivity index (χ1) is 6.06. The van der Waals surface area contributed by atoms with Gasteiger partial charge < -0.3 is 5.73 Å². The van der Waals surface area contributed by atoms with Crippen LogP contribution in [0.15, 0.2) is 12.2 Å². The monoisotopic (exact) mass is 179 g/mol. The van der Waals surface area contributed by atoms with Crippen LogP contribution in [0.2, 0.25) is 0 Å². The molecule has 2 aliphatic carbocycles. The Balaban J connectivity index is 1.92. The van der Waals surface area contributed by atoms with E-state index in [0.717, 1.165) is 17.8 Å². The van der Waals surface area contributed by atoms with Crippen LogP contribution in [-0.4, -0.2) is 5.54 Å². The van der Waals surface area contributed by atoms with E-state index in [9.17, 15) is 0 Å². The molecule has 2 N–H and O–H groups in total. The van der Waals surface area contributed by atoms with Crippen LogP contribution < -0.4 is 5.73 Å². The lowest BCUT2D eigenvalue weighted by molar-refractivity contribution is 0.495. The maximum Gasteiger partial charge on any atom is 0.0281 e. The van der Waals surface area contributed by atoms with Crippen molar-refractivity contribution < 1.29 is 0 Å². The Morgan fingerprint density at radius 1 is 1.15 bits per heavy atom. The highest BCUT2D eigenvalue weighted by atomic mass is 14.7. The molecule has 0 atom stereocenters. The van der Waals surface area contributed by atoms with Gasteiger partial charge in [-0.25, -0.2) is 0 Å². The molecule has 0 aromatic carbocycles. The Morgan fingerprint density at radius 3 is 1.92 bits per heavy atom. The third-order valence-electron chi connectivity index (χ3n) is 3.08. The first kappa shape index (κ1) is 9.26. The number of allylic oxidation sites excluding steroid dienone is 1. The summed E-state index contributed by atoms with van der Waals surface area (Å²) in [6.45, 7) is 4.14. The van der Waals surface area contributed by atoms with Gasteiger partial charge in [-0.2, -0.15) is 0 Å². The number of hydrogen-bond acceptors (Lipinski definition) is 1. The van der Waals surface area contributed by atoms with Gasteiger partial charge in [-0.3, -0.25) is 0 Å². The molecule has 1 heteroatoms. The molecule has 0 aromatic rings. The summed E-state index contributed by atoms with van der Waals surface area (Å²) in [4.78, 5) is 0. The topological polar surface area (TPSA) is 26.0 Å². The van der Waals surface area contributed by atoms with Crippen LogP contribution in [0.25, 0.3) is 0 Å². The highest BCUT2D eigenvalue weighted by Crippen LogP contribution is 2.49. The molecule has 0 aliphatic heterocycles. The number of hydrogen-bond donors (Lipinski definition) is 1. The minimum atomic E-state index is -0.123. The fourth-order valence-electron chi connectivity index (χ4n) is 2.02. The van der Waals surface area contributed by atoms with E-state index in [4.69, 9.17) is 5.73 Å². The van der Waals surface area contributed by atoms with Crippen molar-refractivity contribution >= 4 is 0 Å². The van der Waals surface area contributed by atoms with Crippen LogP contribution in [-0.2, 0) is 0 Å². The van der Waals surface area contributed by atoms with Gasteiger partial charge in [0, 0.05) is 5.54 Å². The Bertz CT molecular complexity index is 192. The van der Waals surface area contributed by atoms with Crippen molar-refractivity contribution in [2.24, 2.45) is 23.5 Å². The molecule has 2 aliphatic rings. The maximum atomic E-state index is 5.94. The molecule has 1 nitrogen and oxygen atoms in total. The molecule has 0 radical (unpaired) electrons. The first-order valence-corrected chi connectivity index (χ1v) is 5.54. The fraction of sp³-hybridized carbons (Fsp3) is 0.833. The van der Waals surface area contributed by atoms with E-state index in [1.807, 2.05) is 0 Å². The smallest absolute Gasteiger partial charge is 0.0281 e. The van der Waals surface area contributed by atoms with Gasteiger partial charge in [0.05, 0.1) is 0 Å². The van der Waals surface area contributed by atoms with E-state index in [0.29, 0.717) is 0 Å². The third kappa shape index (κ3) is 2.84. The number of rotatable bonds is 4. The molecule has 2 fully saturated rings. The van der Waals surface area contributed by atoms with E-state index in [-0.39, 0.29) is 5.54 Å². The van der Waals surface area contributed by atoms with Crippen molar-refractivity contribution in [3.8, 4) is 0 Å². The maximum absolute atomic E-state index is 5.94. The van der Waals surface area contributed by atoms with Crippen molar-refractivity contribution in [2.75, 3.05) is 0 Å². The minimum Gasteiger partial charge on any atom is -0.322 e. The quantitative estimate of drug-likeness (QED) is 0.660. The zero-order chi connectivity index (χ0) is 9.47. The summed E-state index contributed by atoms with van der Waals surface area (Å²) in [6.07, 6.45) is 10.4. The lowest BCUT2D eigenvalue weighted by atomic mass is 9.94. The molecular formula is C12H21N. The van der Waals surface area contributed by atoms with Crippen molar-refractivity contribution in [1.29, 1.82) is 0 Å². The average Bonchev–Trinajstić information content (AvgIpc) is 2.80. The molecule has 2 saturated carbocycles. The highest BCUT2D eigenvalue weighted by Gasteiger charge is 2.39. The Hall–Kier alpha value is -0.300. The standard InChI is InChI=1S/C12H21N/c1-12(2,13)8-7-11(9-3-4-9)10-5-6-10/h7-11H,3-6,13H2,1-2H3. The van der Waals surface area contributed by atoms with Crippen LogP contribution in [0, 0.1) is 17.8 Å². The largest absolute Gasteiger partial charge is 0.322 e. The third-order valence-corrected chi connectivity index (χ3v) is 3.08. The number of nitrogens with two attached hydrogens (primary N) is 1. The minimum absolute atomic E-state index is 0.123. The lowest BCUT2D eigenvalue weighted by Gasteiger charge is -2.15. The molecule has 74 valence electrons. The highest BCUT2D eigenvalue weighted by molar-refractivity contribution is 5.08. The zero-order valence-electron chi connectivity index (χ0n) is 8.79. The van der Waals surface area contributed by atoms with Crippen LogP contribution >= 0.6 is 0 Å².